The quantitative estimate of drug-likeness (QED) is 0.457. The largest absolute Gasteiger partial charge is 0.466 e. The van der Waals surface area contributed by atoms with Crippen molar-refractivity contribution >= 4 is 17.4 Å². The second-order valence-electron chi connectivity index (χ2n) is 1.93. The minimum Gasteiger partial charge on any atom is -0.466 e. The van der Waals surface area contributed by atoms with E-state index in [0.717, 1.165) is 13.0 Å². The van der Waals surface area contributed by atoms with Gasteiger partial charge in [-0.2, -0.15) is 0 Å². The summed E-state index contributed by atoms with van der Waals surface area (Å²) in [6.45, 7) is 4.42. The third kappa shape index (κ3) is 1.68. The molecule has 0 bridgehead atoms. The highest BCUT2D eigenvalue weighted by Gasteiger charge is 2.17. The van der Waals surface area contributed by atoms with Crippen LogP contribution in [-0.4, -0.2) is 17.8 Å². The molecule has 0 aliphatic carbocycles. The molecule has 0 amide bonds. The van der Waals surface area contributed by atoms with Crippen molar-refractivity contribution in [2.45, 2.75) is 12.5 Å². The molecule has 1 aliphatic rings. The van der Waals surface area contributed by atoms with E-state index in [-0.39, 0.29) is 6.10 Å². The maximum atomic E-state index is 5.15. The van der Waals surface area contributed by atoms with Gasteiger partial charge in [0.2, 0.25) is 0 Å². The smallest absolute Gasteiger partial charge is 0.257 e. The van der Waals surface area contributed by atoms with E-state index < -0.39 is 0 Å². The van der Waals surface area contributed by atoms with Crippen molar-refractivity contribution in [3.05, 3.63) is 12.7 Å². The molecule has 3 heteroatoms. The Labute approximate surface area is 59.9 Å². The lowest BCUT2D eigenvalue weighted by molar-refractivity contribution is 0.239. The summed E-state index contributed by atoms with van der Waals surface area (Å²) >= 11 is 4.74. The van der Waals surface area contributed by atoms with E-state index in [0.29, 0.717) is 5.17 Å². The van der Waals surface area contributed by atoms with Crippen molar-refractivity contribution in [1.82, 2.24) is 5.32 Å². The van der Waals surface area contributed by atoms with Gasteiger partial charge in [0.25, 0.3) is 5.17 Å². The Kier molecular flexibility index (Phi) is 2.05. The van der Waals surface area contributed by atoms with Crippen molar-refractivity contribution in [3.63, 3.8) is 0 Å². The molecule has 1 unspecified atom stereocenters. The fraction of sp³-hybridized carbons (Fsp3) is 0.500. The average Bonchev–Trinajstić information content (AvgIpc) is 2.17. The Morgan fingerprint density at radius 3 is 3.22 bits per heavy atom. The Hall–Kier alpha value is -0.570. The Morgan fingerprint density at radius 2 is 2.78 bits per heavy atom. The van der Waals surface area contributed by atoms with Crippen LogP contribution in [-0.2, 0) is 4.74 Å². The number of ether oxygens (including phenoxy) is 1. The third-order valence-electron chi connectivity index (χ3n) is 1.18. The van der Waals surface area contributed by atoms with Crippen LogP contribution in [0.15, 0.2) is 12.7 Å². The van der Waals surface area contributed by atoms with Crippen LogP contribution < -0.4 is 5.32 Å². The molecule has 0 aromatic heterocycles. The van der Waals surface area contributed by atoms with Crippen LogP contribution in [0.3, 0.4) is 0 Å². The lowest BCUT2D eigenvalue weighted by Gasteiger charge is -2.01. The van der Waals surface area contributed by atoms with Crippen molar-refractivity contribution in [3.8, 4) is 0 Å². The molecule has 0 aromatic carbocycles. The van der Waals surface area contributed by atoms with E-state index in [2.05, 4.69) is 11.9 Å². The minimum atomic E-state index is 0.218. The topological polar surface area (TPSA) is 21.3 Å². The van der Waals surface area contributed by atoms with Crippen molar-refractivity contribution in [2.75, 3.05) is 6.54 Å². The summed E-state index contributed by atoms with van der Waals surface area (Å²) in [4.78, 5) is 0. The standard InChI is InChI=1S/C6H9NOS/c1-2-3-5-4-7-6(9)8-5/h2,5H,1,3-4H2,(H,7,9). The van der Waals surface area contributed by atoms with E-state index in [1.54, 1.807) is 0 Å². The molecule has 1 heterocycles. The van der Waals surface area contributed by atoms with Crippen molar-refractivity contribution in [1.29, 1.82) is 0 Å². The second kappa shape index (κ2) is 2.82. The summed E-state index contributed by atoms with van der Waals surface area (Å²) in [7, 11) is 0. The first-order valence-corrected chi connectivity index (χ1v) is 3.29. The van der Waals surface area contributed by atoms with Gasteiger partial charge in [0.05, 0.1) is 6.54 Å². The highest BCUT2D eigenvalue weighted by molar-refractivity contribution is 7.80. The van der Waals surface area contributed by atoms with Gasteiger partial charge in [-0.15, -0.1) is 6.58 Å². The molecular formula is C6H9NOS. The Balaban J connectivity index is 2.29. The fourth-order valence-electron chi connectivity index (χ4n) is 0.749. The number of hydrogen-bond acceptors (Lipinski definition) is 2. The van der Waals surface area contributed by atoms with E-state index >= 15 is 0 Å². The first kappa shape index (κ1) is 6.55. The highest BCUT2D eigenvalue weighted by atomic mass is 32.1. The first-order valence-electron chi connectivity index (χ1n) is 2.88. The maximum Gasteiger partial charge on any atom is 0.257 e. The molecular weight excluding hydrogens is 134 g/mol. The van der Waals surface area contributed by atoms with Gasteiger partial charge in [-0.1, -0.05) is 6.08 Å². The van der Waals surface area contributed by atoms with Gasteiger partial charge in [-0.3, -0.25) is 0 Å². The molecule has 50 valence electrons. The zero-order chi connectivity index (χ0) is 6.69. The van der Waals surface area contributed by atoms with Gasteiger partial charge in [0, 0.05) is 6.42 Å². The van der Waals surface area contributed by atoms with Crippen LogP contribution in [0.5, 0.6) is 0 Å². The summed E-state index contributed by atoms with van der Waals surface area (Å²) in [5.74, 6) is 0. The molecule has 1 atom stereocenters. The van der Waals surface area contributed by atoms with Gasteiger partial charge in [-0.05, 0) is 12.2 Å². The lowest BCUT2D eigenvalue weighted by Crippen LogP contribution is -2.14. The van der Waals surface area contributed by atoms with Crippen molar-refractivity contribution < 1.29 is 4.74 Å². The summed E-state index contributed by atoms with van der Waals surface area (Å²) < 4.78 is 5.15. The maximum absolute atomic E-state index is 5.15. The van der Waals surface area contributed by atoms with E-state index in [1.807, 2.05) is 6.08 Å². The zero-order valence-electron chi connectivity index (χ0n) is 5.09. The zero-order valence-corrected chi connectivity index (χ0v) is 5.91. The Bertz CT molecular complexity index is 135. The molecule has 1 saturated heterocycles. The van der Waals surface area contributed by atoms with E-state index in [1.165, 1.54) is 0 Å². The third-order valence-corrected chi connectivity index (χ3v) is 1.42. The van der Waals surface area contributed by atoms with Gasteiger partial charge < -0.3 is 10.1 Å². The average molecular weight is 143 g/mol. The molecule has 1 fully saturated rings. The van der Waals surface area contributed by atoms with Crippen LogP contribution >= 0.6 is 12.2 Å². The molecule has 0 spiro atoms. The number of rotatable bonds is 2. The molecule has 0 saturated carbocycles. The Morgan fingerprint density at radius 1 is 2.00 bits per heavy atom. The molecule has 1 N–H and O–H groups in total. The second-order valence-corrected chi connectivity index (χ2v) is 2.30. The summed E-state index contributed by atoms with van der Waals surface area (Å²) in [5, 5.41) is 3.43. The van der Waals surface area contributed by atoms with Crippen LogP contribution in [0.25, 0.3) is 0 Å². The normalized spacial score (nSPS) is 24.9. The van der Waals surface area contributed by atoms with E-state index in [9.17, 15) is 0 Å². The molecule has 0 radical (unpaired) electrons. The van der Waals surface area contributed by atoms with Gasteiger partial charge in [0.1, 0.15) is 6.10 Å². The molecule has 9 heavy (non-hydrogen) atoms. The van der Waals surface area contributed by atoms with Crippen LogP contribution in [0.1, 0.15) is 6.42 Å². The number of nitrogens with one attached hydrogen (secondary N) is 1. The molecule has 2 nitrogen and oxygen atoms in total. The fourth-order valence-corrected chi connectivity index (χ4v) is 0.969. The van der Waals surface area contributed by atoms with Gasteiger partial charge in [-0.25, -0.2) is 0 Å². The predicted octanol–water partition coefficient (Wildman–Crippen LogP) is 0.836. The highest BCUT2D eigenvalue weighted by Crippen LogP contribution is 2.04. The molecule has 0 aromatic rings. The summed E-state index contributed by atoms with van der Waals surface area (Å²) in [5.41, 5.74) is 0. The van der Waals surface area contributed by atoms with Crippen LogP contribution in [0, 0.1) is 0 Å². The van der Waals surface area contributed by atoms with Crippen molar-refractivity contribution in [2.24, 2.45) is 0 Å². The summed E-state index contributed by atoms with van der Waals surface area (Å²) in [6, 6.07) is 0. The summed E-state index contributed by atoms with van der Waals surface area (Å²) in [6.07, 6.45) is 2.92. The monoisotopic (exact) mass is 143 g/mol. The minimum absolute atomic E-state index is 0.218. The van der Waals surface area contributed by atoms with Gasteiger partial charge in [0.15, 0.2) is 0 Å². The first-order chi connectivity index (χ1) is 4.33. The molecule has 1 aliphatic heterocycles. The molecule has 1 rings (SSSR count). The van der Waals surface area contributed by atoms with Crippen LogP contribution in [0.2, 0.25) is 0 Å². The number of hydrogen-bond donors (Lipinski definition) is 1. The predicted molar refractivity (Wildman–Crippen MR) is 40.3 cm³/mol. The number of thiocarbonyl (C=S) groups is 1. The van der Waals surface area contributed by atoms with E-state index in [4.69, 9.17) is 17.0 Å². The SMILES string of the molecule is C=CCC1CNC(=S)O1. The van der Waals surface area contributed by atoms with Crippen LogP contribution in [0.4, 0.5) is 0 Å². The van der Waals surface area contributed by atoms with Gasteiger partial charge >= 0.3 is 0 Å². The lowest BCUT2D eigenvalue weighted by atomic mass is 10.2.